The number of hydrogen-bond acceptors (Lipinski definition) is 4. The van der Waals surface area contributed by atoms with Crippen LogP contribution < -0.4 is 4.90 Å². The first-order chi connectivity index (χ1) is 10.1. The maximum absolute atomic E-state index is 12.4. The lowest BCUT2D eigenvalue weighted by Crippen LogP contribution is -2.28. The molecule has 3 rings (SSSR count). The summed E-state index contributed by atoms with van der Waals surface area (Å²) in [6.07, 6.45) is 2.39. The van der Waals surface area contributed by atoms with E-state index >= 15 is 0 Å². The van der Waals surface area contributed by atoms with Crippen LogP contribution in [0.15, 0.2) is 47.1 Å². The molecule has 1 saturated carbocycles. The summed E-state index contributed by atoms with van der Waals surface area (Å²) in [5.74, 6) is 0.917. The number of anilines is 1. The predicted molar refractivity (Wildman–Crippen MR) is 76.1 cm³/mol. The molecule has 1 aliphatic rings. The highest BCUT2D eigenvalue weighted by atomic mass is 16.6. The number of nitrogens with zero attached hydrogens (tertiary/aromatic N) is 2. The Hall–Kier alpha value is -2.63. The topological polar surface area (TPSA) is 76.6 Å². The molecule has 0 bridgehead atoms. The number of non-ortho nitro benzene ring substituents is 1. The third-order valence-corrected chi connectivity index (χ3v) is 3.79. The first-order valence-corrected chi connectivity index (χ1v) is 6.63. The molecule has 0 N–H and O–H groups in total. The van der Waals surface area contributed by atoms with Crippen LogP contribution in [0.25, 0.3) is 0 Å². The number of amides is 1. The Bertz CT molecular complexity index is 663. The molecular formula is C15H14N2O4. The number of carbonyl (C=O) groups is 1. The van der Waals surface area contributed by atoms with Crippen LogP contribution in [0.4, 0.5) is 11.4 Å². The molecule has 1 fully saturated rings. The van der Waals surface area contributed by atoms with Gasteiger partial charge in [-0.25, -0.2) is 0 Å². The highest BCUT2D eigenvalue weighted by Crippen LogP contribution is 2.48. The highest BCUT2D eigenvalue weighted by Gasteiger charge is 2.47. The van der Waals surface area contributed by atoms with E-state index < -0.39 is 4.92 Å². The maximum atomic E-state index is 12.4. The second-order valence-corrected chi connectivity index (χ2v) is 5.13. The Morgan fingerprint density at radius 3 is 2.62 bits per heavy atom. The molecule has 1 aliphatic carbocycles. The van der Waals surface area contributed by atoms with Gasteiger partial charge in [-0.1, -0.05) is 0 Å². The van der Waals surface area contributed by atoms with Crippen molar-refractivity contribution in [2.24, 2.45) is 5.92 Å². The number of rotatable bonds is 4. The Morgan fingerprint density at radius 1 is 1.33 bits per heavy atom. The number of benzene rings is 1. The number of nitro benzene ring substituents is 1. The van der Waals surface area contributed by atoms with Crippen molar-refractivity contribution in [3.63, 3.8) is 0 Å². The first kappa shape index (κ1) is 13.4. The monoisotopic (exact) mass is 286 g/mol. The van der Waals surface area contributed by atoms with Gasteiger partial charge >= 0.3 is 0 Å². The number of nitro groups is 1. The molecule has 0 spiro atoms. The zero-order chi connectivity index (χ0) is 15.0. The van der Waals surface area contributed by atoms with Crippen molar-refractivity contribution in [2.45, 2.75) is 12.3 Å². The minimum absolute atomic E-state index is 0.00486. The third-order valence-electron chi connectivity index (χ3n) is 3.79. The average molecular weight is 286 g/mol. The van der Waals surface area contributed by atoms with Gasteiger partial charge in [-0.2, -0.15) is 0 Å². The quantitative estimate of drug-likeness (QED) is 0.639. The van der Waals surface area contributed by atoms with Gasteiger partial charge in [0.25, 0.3) is 5.69 Å². The fourth-order valence-electron chi connectivity index (χ4n) is 2.46. The van der Waals surface area contributed by atoms with E-state index in [0.29, 0.717) is 5.69 Å². The normalized spacial score (nSPS) is 20.0. The summed E-state index contributed by atoms with van der Waals surface area (Å²) in [6, 6.07) is 9.66. The van der Waals surface area contributed by atoms with E-state index in [0.717, 1.165) is 12.2 Å². The van der Waals surface area contributed by atoms with E-state index in [4.69, 9.17) is 4.42 Å². The molecule has 1 aromatic heterocycles. The fraction of sp³-hybridized carbons (Fsp3) is 0.267. The molecule has 0 radical (unpaired) electrons. The molecule has 21 heavy (non-hydrogen) atoms. The standard InChI is InChI=1S/C15H14N2O4/c1-16(10-4-6-11(7-5-10)17(19)20)15(18)13-9-12(13)14-3-2-8-21-14/h2-8,12-13H,9H2,1H3/t12-,13-/m1/s1. The van der Waals surface area contributed by atoms with Crippen LogP contribution in [0, 0.1) is 16.0 Å². The third kappa shape index (κ3) is 2.52. The maximum Gasteiger partial charge on any atom is 0.269 e. The zero-order valence-electron chi connectivity index (χ0n) is 11.4. The van der Waals surface area contributed by atoms with Crippen molar-refractivity contribution in [1.82, 2.24) is 0 Å². The van der Waals surface area contributed by atoms with E-state index in [9.17, 15) is 14.9 Å². The first-order valence-electron chi connectivity index (χ1n) is 6.63. The summed E-state index contributed by atoms with van der Waals surface area (Å²) in [5, 5.41) is 10.6. The summed E-state index contributed by atoms with van der Waals surface area (Å²) in [7, 11) is 1.68. The van der Waals surface area contributed by atoms with Gasteiger partial charge in [0.05, 0.1) is 11.2 Å². The van der Waals surface area contributed by atoms with Crippen molar-refractivity contribution < 1.29 is 14.1 Å². The molecular weight excluding hydrogens is 272 g/mol. The minimum Gasteiger partial charge on any atom is -0.469 e. The SMILES string of the molecule is CN(C(=O)[C@@H]1C[C@H]1c1ccco1)c1ccc([N+](=O)[O-])cc1. The van der Waals surface area contributed by atoms with Crippen LogP contribution in [0.5, 0.6) is 0 Å². The van der Waals surface area contributed by atoms with Gasteiger partial charge in [0.15, 0.2) is 0 Å². The van der Waals surface area contributed by atoms with E-state index in [1.54, 1.807) is 25.4 Å². The molecule has 2 aromatic rings. The van der Waals surface area contributed by atoms with E-state index in [-0.39, 0.29) is 23.4 Å². The van der Waals surface area contributed by atoms with E-state index in [1.807, 2.05) is 12.1 Å². The number of carbonyl (C=O) groups excluding carboxylic acids is 1. The van der Waals surface area contributed by atoms with E-state index in [2.05, 4.69) is 0 Å². The molecule has 1 aromatic carbocycles. The molecule has 6 nitrogen and oxygen atoms in total. The molecule has 1 heterocycles. The molecule has 2 atom stereocenters. The van der Waals surface area contributed by atoms with Gasteiger partial charge in [-0.3, -0.25) is 14.9 Å². The minimum atomic E-state index is -0.459. The Kier molecular flexibility index (Phi) is 3.21. The lowest BCUT2D eigenvalue weighted by molar-refractivity contribution is -0.384. The largest absolute Gasteiger partial charge is 0.469 e. The Labute approximate surface area is 121 Å². The second kappa shape index (κ2) is 5.05. The highest BCUT2D eigenvalue weighted by molar-refractivity contribution is 5.97. The van der Waals surface area contributed by atoms with Crippen molar-refractivity contribution >= 4 is 17.3 Å². The molecule has 0 saturated heterocycles. The molecule has 0 aliphatic heterocycles. The smallest absolute Gasteiger partial charge is 0.269 e. The van der Waals surface area contributed by atoms with Crippen molar-refractivity contribution in [3.05, 3.63) is 58.5 Å². The Morgan fingerprint density at radius 2 is 2.05 bits per heavy atom. The Balaban J connectivity index is 1.69. The molecule has 1 amide bonds. The fourth-order valence-corrected chi connectivity index (χ4v) is 2.46. The number of furan rings is 1. The lowest BCUT2D eigenvalue weighted by atomic mass is 10.2. The summed E-state index contributed by atoms with van der Waals surface area (Å²) in [5.41, 5.74) is 0.662. The average Bonchev–Trinajstić information content (AvgIpc) is 3.11. The van der Waals surface area contributed by atoms with Gasteiger partial charge < -0.3 is 9.32 Å². The summed E-state index contributed by atoms with van der Waals surface area (Å²) in [4.78, 5) is 24.1. The van der Waals surface area contributed by atoms with Gasteiger partial charge in [0.2, 0.25) is 5.91 Å². The van der Waals surface area contributed by atoms with Gasteiger partial charge in [-0.05, 0) is 30.7 Å². The van der Waals surface area contributed by atoms with Crippen molar-refractivity contribution in [2.75, 3.05) is 11.9 Å². The summed E-state index contributed by atoms with van der Waals surface area (Å²) < 4.78 is 5.32. The van der Waals surface area contributed by atoms with Gasteiger partial charge in [0.1, 0.15) is 5.76 Å². The van der Waals surface area contributed by atoms with Crippen LogP contribution in [0.3, 0.4) is 0 Å². The van der Waals surface area contributed by atoms with Gasteiger partial charge in [-0.15, -0.1) is 0 Å². The van der Waals surface area contributed by atoms with Crippen molar-refractivity contribution in [3.8, 4) is 0 Å². The number of hydrogen-bond donors (Lipinski definition) is 0. The summed E-state index contributed by atoms with van der Waals surface area (Å²) in [6.45, 7) is 0. The van der Waals surface area contributed by atoms with Gasteiger partial charge in [0, 0.05) is 36.7 Å². The van der Waals surface area contributed by atoms with E-state index in [1.165, 1.54) is 17.0 Å². The molecule has 0 unspecified atom stereocenters. The van der Waals surface area contributed by atoms with Crippen LogP contribution >= 0.6 is 0 Å². The second-order valence-electron chi connectivity index (χ2n) is 5.13. The molecule has 108 valence electrons. The van der Waals surface area contributed by atoms with Crippen LogP contribution in [0.1, 0.15) is 18.1 Å². The van der Waals surface area contributed by atoms with Crippen LogP contribution in [-0.2, 0) is 4.79 Å². The van der Waals surface area contributed by atoms with Crippen LogP contribution in [0.2, 0.25) is 0 Å². The van der Waals surface area contributed by atoms with Crippen molar-refractivity contribution in [1.29, 1.82) is 0 Å². The zero-order valence-corrected chi connectivity index (χ0v) is 11.4. The summed E-state index contributed by atoms with van der Waals surface area (Å²) >= 11 is 0. The lowest BCUT2D eigenvalue weighted by Gasteiger charge is -2.17. The molecule has 6 heteroatoms. The van der Waals surface area contributed by atoms with Crippen LogP contribution in [-0.4, -0.2) is 17.9 Å². The predicted octanol–water partition coefficient (Wildman–Crippen LogP) is 2.95.